The zero-order valence-electron chi connectivity index (χ0n) is 16.5. The molecule has 4 rings (SSSR count). The molecule has 1 aliphatic heterocycles. The second kappa shape index (κ2) is 9.47. The van der Waals surface area contributed by atoms with Crippen molar-refractivity contribution in [2.24, 2.45) is 0 Å². The molecule has 1 aliphatic carbocycles. The number of rotatable bonds is 9. The number of ether oxygens (including phenoxy) is 1. The molecule has 1 aromatic carbocycles. The summed E-state index contributed by atoms with van der Waals surface area (Å²) in [4.78, 5) is 21.1. The van der Waals surface area contributed by atoms with Crippen molar-refractivity contribution in [1.29, 1.82) is 0 Å². The number of hydrogen-bond acceptors (Lipinski definition) is 6. The van der Waals surface area contributed by atoms with Crippen LogP contribution < -0.4 is 5.32 Å². The number of benzene rings is 1. The Morgan fingerprint density at radius 2 is 1.97 bits per heavy atom. The van der Waals surface area contributed by atoms with Gasteiger partial charge in [0, 0.05) is 38.8 Å². The van der Waals surface area contributed by atoms with Gasteiger partial charge >= 0.3 is 0 Å². The molecule has 1 amide bonds. The first-order valence-electron chi connectivity index (χ1n) is 10.2. The number of nitrogens with zero attached hydrogens (tertiary/aromatic N) is 3. The summed E-state index contributed by atoms with van der Waals surface area (Å²) in [5.74, 6) is 0.0866. The Bertz CT molecular complexity index is 801. The fraction of sp³-hybridized carbons (Fsp3) is 0.524. The molecule has 0 bridgehead atoms. The van der Waals surface area contributed by atoms with E-state index in [1.54, 1.807) is 12.1 Å². The molecule has 7 nitrogen and oxygen atoms in total. The van der Waals surface area contributed by atoms with Crippen LogP contribution in [0.5, 0.6) is 0 Å². The lowest BCUT2D eigenvalue weighted by atomic mass is 10.2. The lowest BCUT2D eigenvalue weighted by Gasteiger charge is -2.29. The Hall–Kier alpha value is -2.29. The Balaban J connectivity index is 1.38. The van der Waals surface area contributed by atoms with Crippen LogP contribution in [0.25, 0.3) is 0 Å². The first-order valence-corrected chi connectivity index (χ1v) is 10.2. The normalized spacial score (nSPS) is 17.6. The van der Waals surface area contributed by atoms with Gasteiger partial charge in [-0.05, 0) is 30.5 Å². The second-order valence-corrected chi connectivity index (χ2v) is 7.67. The maximum Gasteiger partial charge on any atom is 0.273 e. The van der Waals surface area contributed by atoms with E-state index >= 15 is 0 Å². The molecule has 1 aromatic heterocycles. The Morgan fingerprint density at radius 1 is 1.21 bits per heavy atom. The van der Waals surface area contributed by atoms with Crippen molar-refractivity contribution in [2.45, 2.75) is 32.0 Å². The molecule has 0 unspecified atom stereocenters. The Kier molecular flexibility index (Phi) is 6.53. The van der Waals surface area contributed by atoms with Gasteiger partial charge in [0.1, 0.15) is 12.1 Å². The minimum absolute atomic E-state index is 0.180. The SMILES string of the molecule is O=C(NC1CC1)c1coc(CN(CCN2CCOCC2)Cc2ccc(F)cc2)n1. The number of amides is 1. The first-order chi connectivity index (χ1) is 14.2. The number of halogens is 1. The van der Waals surface area contributed by atoms with Gasteiger partial charge in [-0.3, -0.25) is 14.6 Å². The first kappa shape index (κ1) is 20.0. The van der Waals surface area contributed by atoms with Crippen molar-refractivity contribution in [3.05, 3.63) is 53.5 Å². The Labute approximate surface area is 169 Å². The maximum absolute atomic E-state index is 13.2. The highest BCUT2D eigenvalue weighted by molar-refractivity contribution is 5.92. The maximum atomic E-state index is 13.2. The standard InChI is InChI=1S/C21H27FN4O3/c22-17-3-1-16(2-4-17)13-26(8-7-25-9-11-28-12-10-25)14-20-24-19(15-29-20)21(27)23-18-5-6-18/h1-4,15,18H,5-14H2,(H,23,27). The van der Waals surface area contributed by atoms with E-state index in [0.29, 0.717) is 24.7 Å². The van der Waals surface area contributed by atoms with Gasteiger partial charge in [-0.25, -0.2) is 9.37 Å². The zero-order valence-corrected chi connectivity index (χ0v) is 16.5. The summed E-state index contributed by atoms with van der Waals surface area (Å²) in [5, 5.41) is 2.92. The highest BCUT2D eigenvalue weighted by Crippen LogP contribution is 2.19. The third-order valence-electron chi connectivity index (χ3n) is 5.21. The van der Waals surface area contributed by atoms with Crippen molar-refractivity contribution < 1.29 is 18.3 Å². The molecule has 1 N–H and O–H groups in total. The molecule has 0 radical (unpaired) electrons. The van der Waals surface area contributed by atoms with Gasteiger partial charge in [0.25, 0.3) is 5.91 Å². The Morgan fingerprint density at radius 3 is 2.69 bits per heavy atom. The van der Waals surface area contributed by atoms with Crippen molar-refractivity contribution in [3.63, 3.8) is 0 Å². The number of carbonyl (C=O) groups is 1. The molecule has 2 fully saturated rings. The lowest BCUT2D eigenvalue weighted by Crippen LogP contribution is -2.41. The summed E-state index contributed by atoms with van der Waals surface area (Å²) in [6.45, 7) is 6.22. The van der Waals surface area contributed by atoms with Crippen LogP contribution >= 0.6 is 0 Å². The molecular formula is C21H27FN4O3. The van der Waals surface area contributed by atoms with E-state index in [2.05, 4.69) is 20.1 Å². The predicted octanol–water partition coefficient (Wildman–Crippen LogP) is 2.04. The van der Waals surface area contributed by atoms with Gasteiger partial charge in [-0.15, -0.1) is 0 Å². The van der Waals surface area contributed by atoms with Crippen LogP contribution in [-0.4, -0.2) is 66.1 Å². The highest BCUT2D eigenvalue weighted by atomic mass is 19.1. The van der Waals surface area contributed by atoms with E-state index in [9.17, 15) is 9.18 Å². The van der Waals surface area contributed by atoms with E-state index in [1.165, 1.54) is 18.4 Å². The highest BCUT2D eigenvalue weighted by Gasteiger charge is 2.25. The van der Waals surface area contributed by atoms with Crippen LogP contribution in [0.4, 0.5) is 4.39 Å². The number of aromatic nitrogens is 1. The average Bonchev–Trinajstić information content (AvgIpc) is 3.43. The van der Waals surface area contributed by atoms with Crippen molar-refractivity contribution in [2.75, 3.05) is 39.4 Å². The third-order valence-corrected chi connectivity index (χ3v) is 5.21. The number of oxazole rings is 1. The second-order valence-electron chi connectivity index (χ2n) is 7.67. The molecule has 2 heterocycles. The van der Waals surface area contributed by atoms with Crippen LogP contribution in [0.3, 0.4) is 0 Å². The molecule has 2 aromatic rings. The number of morpholine rings is 1. The summed E-state index contributed by atoms with van der Waals surface area (Å²) >= 11 is 0. The quantitative estimate of drug-likeness (QED) is 0.692. The molecule has 29 heavy (non-hydrogen) atoms. The molecule has 0 atom stereocenters. The van der Waals surface area contributed by atoms with Gasteiger partial charge in [0.15, 0.2) is 5.69 Å². The summed E-state index contributed by atoms with van der Waals surface area (Å²) in [6.07, 6.45) is 3.48. The van der Waals surface area contributed by atoms with Crippen LogP contribution in [0, 0.1) is 5.82 Å². The van der Waals surface area contributed by atoms with Gasteiger partial charge < -0.3 is 14.5 Å². The monoisotopic (exact) mass is 402 g/mol. The van der Waals surface area contributed by atoms with Gasteiger partial charge in [-0.1, -0.05) is 12.1 Å². The summed E-state index contributed by atoms with van der Waals surface area (Å²) < 4.78 is 24.2. The molecule has 8 heteroatoms. The number of carbonyl (C=O) groups excluding carboxylic acids is 1. The summed E-state index contributed by atoms with van der Waals surface area (Å²) in [5.41, 5.74) is 1.34. The third kappa shape index (κ3) is 6.09. The lowest BCUT2D eigenvalue weighted by molar-refractivity contribution is 0.0320. The predicted molar refractivity (Wildman–Crippen MR) is 105 cm³/mol. The summed E-state index contributed by atoms with van der Waals surface area (Å²) in [7, 11) is 0. The molecule has 2 aliphatic rings. The molecular weight excluding hydrogens is 375 g/mol. The number of nitrogens with one attached hydrogen (secondary N) is 1. The summed E-state index contributed by atoms with van der Waals surface area (Å²) in [6, 6.07) is 6.82. The van der Waals surface area contributed by atoms with E-state index in [4.69, 9.17) is 9.15 Å². The minimum atomic E-state index is -0.243. The van der Waals surface area contributed by atoms with Crippen LogP contribution in [0.15, 0.2) is 34.9 Å². The smallest absolute Gasteiger partial charge is 0.273 e. The van der Waals surface area contributed by atoms with E-state index in [-0.39, 0.29) is 17.8 Å². The van der Waals surface area contributed by atoms with Crippen molar-refractivity contribution >= 4 is 5.91 Å². The van der Waals surface area contributed by atoms with Crippen LogP contribution in [0.1, 0.15) is 34.8 Å². The van der Waals surface area contributed by atoms with E-state index in [1.807, 2.05) is 0 Å². The van der Waals surface area contributed by atoms with Crippen molar-refractivity contribution in [3.8, 4) is 0 Å². The fourth-order valence-corrected chi connectivity index (χ4v) is 3.34. The minimum Gasteiger partial charge on any atom is -0.447 e. The van der Waals surface area contributed by atoms with Crippen molar-refractivity contribution in [1.82, 2.24) is 20.1 Å². The van der Waals surface area contributed by atoms with Gasteiger partial charge in [0.2, 0.25) is 5.89 Å². The largest absolute Gasteiger partial charge is 0.447 e. The average molecular weight is 402 g/mol. The van der Waals surface area contributed by atoms with Gasteiger partial charge in [-0.2, -0.15) is 0 Å². The topological polar surface area (TPSA) is 70.8 Å². The van der Waals surface area contributed by atoms with Gasteiger partial charge in [0.05, 0.1) is 19.8 Å². The zero-order chi connectivity index (χ0) is 20.1. The van der Waals surface area contributed by atoms with Crippen LogP contribution in [0.2, 0.25) is 0 Å². The van der Waals surface area contributed by atoms with E-state index < -0.39 is 0 Å². The molecule has 156 valence electrons. The van der Waals surface area contributed by atoms with Crippen LogP contribution in [-0.2, 0) is 17.8 Å². The fourth-order valence-electron chi connectivity index (χ4n) is 3.34. The van der Waals surface area contributed by atoms with E-state index in [0.717, 1.165) is 57.8 Å². The number of hydrogen-bond donors (Lipinski definition) is 1. The molecule has 1 saturated heterocycles. The molecule has 0 spiro atoms. The molecule has 1 saturated carbocycles.